The van der Waals surface area contributed by atoms with Gasteiger partial charge in [-0.15, -0.1) is 6.58 Å². The van der Waals surface area contributed by atoms with Gasteiger partial charge in [0.05, 0.1) is 18.4 Å². The highest BCUT2D eigenvalue weighted by Crippen LogP contribution is 2.61. The molecule has 0 amide bonds. The monoisotopic (exact) mass is 314 g/mol. The van der Waals surface area contributed by atoms with Crippen LogP contribution in [-0.2, 0) is 13.6 Å². The summed E-state index contributed by atoms with van der Waals surface area (Å²) in [6.07, 6.45) is 2.00. The Labute approximate surface area is 131 Å². The fourth-order valence-electron chi connectivity index (χ4n) is 2.67. The van der Waals surface area contributed by atoms with Crippen molar-refractivity contribution in [3.8, 4) is 0 Å². The van der Waals surface area contributed by atoms with E-state index in [1.165, 1.54) is 0 Å². The van der Waals surface area contributed by atoms with Crippen molar-refractivity contribution in [3.05, 3.63) is 84.4 Å². The zero-order valence-electron chi connectivity index (χ0n) is 12.3. The average Bonchev–Trinajstić information content (AvgIpc) is 2.56. The molecule has 2 aromatic rings. The average molecular weight is 314 g/mol. The van der Waals surface area contributed by atoms with Crippen molar-refractivity contribution >= 4 is 7.60 Å². The van der Waals surface area contributed by atoms with Crippen molar-refractivity contribution in [2.45, 2.75) is 18.6 Å². The van der Waals surface area contributed by atoms with Gasteiger partial charge in [-0.05, 0) is 11.1 Å². The number of benzene rings is 2. The molecule has 0 spiro atoms. The van der Waals surface area contributed by atoms with Crippen LogP contribution < -0.4 is 0 Å². The lowest BCUT2D eigenvalue weighted by atomic mass is 9.99. The molecule has 1 fully saturated rings. The predicted molar refractivity (Wildman–Crippen MR) is 87.8 cm³/mol. The van der Waals surface area contributed by atoms with E-state index in [9.17, 15) is 4.57 Å². The molecule has 1 aliphatic rings. The molecule has 0 saturated carbocycles. The molecule has 2 unspecified atom stereocenters. The first kappa shape index (κ1) is 15.2. The van der Waals surface area contributed by atoms with Crippen molar-refractivity contribution in [2.75, 3.05) is 6.16 Å². The second-order valence-corrected chi connectivity index (χ2v) is 7.34. The van der Waals surface area contributed by atoms with Gasteiger partial charge in [-0.25, -0.2) is 0 Å². The second kappa shape index (κ2) is 6.62. The van der Waals surface area contributed by atoms with Crippen molar-refractivity contribution < 1.29 is 13.6 Å². The fraction of sp³-hybridized carbons (Fsp3) is 0.222. The largest absolute Gasteiger partial charge is 0.335 e. The molecule has 1 heterocycles. The summed E-state index contributed by atoms with van der Waals surface area (Å²) >= 11 is 0. The minimum Gasteiger partial charge on any atom is -0.300 e. The molecule has 1 aliphatic heterocycles. The topological polar surface area (TPSA) is 35.5 Å². The van der Waals surface area contributed by atoms with Crippen LogP contribution >= 0.6 is 7.60 Å². The van der Waals surface area contributed by atoms with E-state index in [1.807, 2.05) is 60.7 Å². The Morgan fingerprint density at radius 2 is 1.41 bits per heavy atom. The van der Waals surface area contributed by atoms with Crippen LogP contribution in [0.25, 0.3) is 0 Å². The van der Waals surface area contributed by atoms with Gasteiger partial charge in [0.15, 0.2) is 0 Å². The molecule has 22 heavy (non-hydrogen) atoms. The first-order chi connectivity index (χ1) is 10.7. The highest BCUT2D eigenvalue weighted by molar-refractivity contribution is 7.54. The van der Waals surface area contributed by atoms with Gasteiger partial charge in [-0.1, -0.05) is 66.7 Å². The Kier molecular flexibility index (Phi) is 4.58. The van der Waals surface area contributed by atoms with E-state index in [-0.39, 0.29) is 18.4 Å². The van der Waals surface area contributed by atoms with Crippen LogP contribution in [-0.4, -0.2) is 6.16 Å². The summed E-state index contributed by atoms with van der Waals surface area (Å²) in [5.74, 6) is 0. The molecule has 2 aromatic carbocycles. The van der Waals surface area contributed by atoms with Crippen LogP contribution in [0.2, 0.25) is 0 Å². The van der Waals surface area contributed by atoms with E-state index in [1.54, 1.807) is 6.08 Å². The summed E-state index contributed by atoms with van der Waals surface area (Å²) in [7, 11) is -3.17. The normalized spacial score (nSPS) is 28.2. The quantitative estimate of drug-likeness (QED) is 0.568. The second-order valence-electron chi connectivity index (χ2n) is 5.33. The number of hydrogen-bond acceptors (Lipinski definition) is 3. The highest BCUT2D eigenvalue weighted by Gasteiger charge is 2.39. The molecule has 3 rings (SSSR count). The van der Waals surface area contributed by atoms with Crippen LogP contribution in [0.15, 0.2) is 73.3 Å². The maximum absolute atomic E-state index is 12.9. The first-order valence-corrected chi connectivity index (χ1v) is 9.09. The molecular weight excluding hydrogens is 295 g/mol. The summed E-state index contributed by atoms with van der Waals surface area (Å²) in [4.78, 5) is 0. The Bertz CT molecular complexity index is 618. The predicted octanol–water partition coefficient (Wildman–Crippen LogP) is 5.29. The van der Waals surface area contributed by atoms with Crippen LogP contribution in [0.5, 0.6) is 0 Å². The number of rotatable bonds is 4. The van der Waals surface area contributed by atoms with Crippen molar-refractivity contribution in [3.63, 3.8) is 0 Å². The number of hydrogen-bond donors (Lipinski definition) is 0. The van der Waals surface area contributed by atoms with E-state index >= 15 is 0 Å². The van der Waals surface area contributed by atoms with Gasteiger partial charge in [0.1, 0.15) is 0 Å². The molecule has 0 bridgehead atoms. The molecule has 0 aliphatic carbocycles. The Morgan fingerprint density at radius 3 is 1.82 bits per heavy atom. The van der Waals surface area contributed by atoms with Crippen molar-refractivity contribution in [1.29, 1.82) is 0 Å². The van der Waals surface area contributed by atoms with E-state index in [2.05, 4.69) is 6.58 Å². The fourth-order valence-corrected chi connectivity index (χ4v) is 4.40. The standard InChI is InChI=1S/C18H19O3P/c1-2-13-22(19)20-17(15-9-5-3-6-10-15)14-18(21-22)16-11-7-4-8-12-16/h2-12,17-18H,1,13-14H2. The summed E-state index contributed by atoms with van der Waals surface area (Å²) < 4.78 is 24.5. The molecular formula is C18H19O3P. The lowest BCUT2D eigenvalue weighted by molar-refractivity contribution is 0.0307. The lowest BCUT2D eigenvalue weighted by Crippen LogP contribution is -2.19. The maximum atomic E-state index is 12.9. The van der Waals surface area contributed by atoms with E-state index in [0.29, 0.717) is 6.42 Å². The molecule has 3 nitrogen and oxygen atoms in total. The SMILES string of the molecule is C=CCP1(=O)OC(c2ccccc2)CC(c2ccccc2)O1. The number of allylic oxidation sites excluding steroid dienone is 1. The van der Waals surface area contributed by atoms with Crippen molar-refractivity contribution in [2.24, 2.45) is 0 Å². The molecule has 2 atom stereocenters. The van der Waals surface area contributed by atoms with E-state index < -0.39 is 7.60 Å². The van der Waals surface area contributed by atoms with Crippen LogP contribution in [0.4, 0.5) is 0 Å². The van der Waals surface area contributed by atoms with Crippen molar-refractivity contribution in [1.82, 2.24) is 0 Å². The third-order valence-corrected chi connectivity index (χ3v) is 5.56. The first-order valence-electron chi connectivity index (χ1n) is 7.37. The van der Waals surface area contributed by atoms with Gasteiger partial charge < -0.3 is 9.05 Å². The third-order valence-electron chi connectivity index (χ3n) is 3.70. The summed E-state index contributed by atoms with van der Waals surface area (Å²) in [5, 5.41) is 0. The van der Waals surface area contributed by atoms with E-state index in [4.69, 9.17) is 9.05 Å². The molecule has 0 aromatic heterocycles. The van der Waals surface area contributed by atoms with Crippen LogP contribution in [0.1, 0.15) is 29.8 Å². The zero-order valence-corrected chi connectivity index (χ0v) is 13.2. The van der Waals surface area contributed by atoms with Gasteiger partial charge in [-0.2, -0.15) is 0 Å². The van der Waals surface area contributed by atoms with E-state index in [0.717, 1.165) is 11.1 Å². The smallest absolute Gasteiger partial charge is 0.300 e. The third kappa shape index (κ3) is 3.38. The van der Waals surface area contributed by atoms with Gasteiger partial charge in [0.2, 0.25) is 0 Å². The molecule has 4 heteroatoms. The summed E-state index contributed by atoms with van der Waals surface area (Å²) in [5.41, 5.74) is 2.05. The van der Waals surface area contributed by atoms with Crippen LogP contribution in [0.3, 0.4) is 0 Å². The molecule has 0 N–H and O–H groups in total. The Hall–Kier alpha value is -1.67. The molecule has 114 valence electrons. The molecule has 0 radical (unpaired) electrons. The van der Waals surface area contributed by atoms with Gasteiger partial charge in [0, 0.05) is 6.42 Å². The van der Waals surface area contributed by atoms with Gasteiger partial charge in [-0.3, -0.25) is 4.57 Å². The highest BCUT2D eigenvalue weighted by atomic mass is 31.2. The van der Waals surface area contributed by atoms with Gasteiger partial charge in [0.25, 0.3) is 0 Å². The minimum atomic E-state index is -3.17. The Balaban J connectivity index is 1.92. The molecule has 1 saturated heterocycles. The minimum absolute atomic E-state index is 0.222. The van der Waals surface area contributed by atoms with Crippen LogP contribution in [0, 0.1) is 0 Å². The summed E-state index contributed by atoms with van der Waals surface area (Å²) in [6.45, 7) is 3.66. The Morgan fingerprint density at radius 1 is 0.955 bits per heavy atom. The summed E-state index contributed by atoms with van der Waals surface area (Å²) in [6, 6.07) is 19.8. The lowest BCUT2D eigenvalue weighted by Gasteiger charge is -2.35. The van der Waals surface area contributed by atoms with Gasteiger partial charge >= 0.3 is 7.60 Å². The zero-order chi connectivity index (χ0) is 15.4. The maximum Gasteiger partial charge on any atom is 0.335 e.